The van der Waals surface area contributed by atoms with Gasteiger partial charge < -0.3 is 13.9 Å². The molecule has 13 heteroatoms. The highest BCUT2D eigenvalue weighted by molar-refractivity contribution is 7.89. The minimum absolute atomic E-state index is 0.00204. The summed E-state index contributed by atoms with van der Waals surface area (Å²) < 4.78 is 55.7. The Labute approximate surface area is 217 Å². The van der Waals surface area contributed by atoms with Crippen LogP contribution in [0, 0.1) is 19.7 Å². The Balaban J connectivity index is 1.81. The van der Waals surface area contributed by atoms with Crippen molar-refractivity contribution in [2.45, 2.75) is 63.3 Å². The van der Waals surface area contributed by atoms with Crippen molar-refractivity contribution in [3.8, 4) is 5.75 Å². The summed E-state index contributed by atoms with van der Waals surface area (Å²) in [4.78, 5) is 27.3. The van der Waals surface area contributed by atoms with Crippen LogP contribution in [0.2, 0.25) is 5.15 Å². The highest BCUT2D eigenvalue weighted by atomic mass is 35.5. The number of pyridine rings is 1. The first kappa shape index (κ1) is 27.0. The molecule has 3 aromatic rings. The smallest absolute Gasteiger partial charge is 0.434 e. The van der Waals surface area contributed by atoms with Crippen LogP contribution in [0.15, 0.2) is 32.4 Å². The van der Waals surface area contributed by atoms with Gasteiger partial charge in [0.1, 0.15) is 33.4 Å². The molecular weight excluding hydrogens is 527 g/mol. The molecule has 1 unspecified atom stereocenters. The van der Waals surface area contributed by atoms with Crippen molar-refractivity contribution in [3.63, 3.8) is 0 Å². The topological polar surface area (TPSA) is 144 Å². The van der Waals surface area contributed by atoms with E-state index in [1.165, 1.54) is 13.0 Å². The maximum absolute atomic E-state index is 15.0. The molecule has 0 amide bonds. The van der Waals surface area contributed by atoms with Gasteiger partial charge in [-0.25, -0.2) is 27.7 Å². The van der Waals surface area contributed by atoms with E-state index >= 15 is 0 Å². The summed E-state index contributed by atoms with van der Waals surface area (Å²) in [6, 6.07) is 1.64. The molecular formula is C24H26ClFN4O6S. The van der Waals surface area contributed by atoms with Crippen molar-refractivity contribution < 1.29 is 26.8 Å². The van der Waals surface area contributed by atoms with Crippen molar-refractivity contribution >= 4 is 27.4 Å². The number of halogens is 2. The van der Waals surface area contributed by atoms with E-state index in [4.69, 9.17) is 20.8 Å². The lowest BCUT2D eigenvalue weighted by molar-refractivity contribution is -0.117. The Hall–Kier alpha value is -3.09. The predicted molar refractivity (Wildman–Crippen MR) is 132 cm³/mol. The summed E-state index contributed by atoms with van der Waals surface area (Å²) in [7, 11) is -4.42. The number of ketones is 1. The average molecular weight is 553 g/mol. The molecule has 2 N–H and O–H groups in total. The summed E-state index contributed by atoms with van der Waals surface area (Å²) in [5.41, 5.74) is 2.00. The number of fused-ring (bicyclic) bond motifs is 1. The lowest BCUT2D eigenvalue weighted by Crippen LogP contribution is -2.34. The summed E-state index contributed by atoms with van der Waals surface area (Å²) in [5.74, 6) is -3.00. The van der Waals surface area contributed by atoms with Gasteiger partial charge in [-0.05, 0) is 49.9 Å². The van der Waals surface area contributed by atoms with Gasteiger partial charge in [0.15, 0.2) is 0 Å². The molecule has 1 aliphatic heterocycles. The number of aromatic amines is 1. The van der Waals surface area contributed by atoms with Gasteiger partial charge in [0.25, 0.3) is 0 Å². The number of carbonyl (C=O) groups is 1. The van der Waals surface area contributed by atoms with Gasteiger partial charge in [-0.2, -0.15) is 4.72 Å². The first-order chi connectivity index (χ1) is 17.4. The van der Waals surface area contributed by atoms with Crippen LogP contribution in [-0.2, 0) is 14.8 Å². The number of rotatable bonds is 8. The third-order valence-corrected chi connectivity index (χ3v) is 8.36. The zero-order valence-electron chi connectivity index (χ0n) is 20.6. The minimum Gasteiger partial charge on any atom is -0.492 e. The quantitative estimate of drug-likeness (QED) is 0.401. The van der Waals surface area contributed by atoms with Crippen LogP contribution in [0.5, 0.6) is 5.75 Å². The van der Waals surface area contributed by atoms with Crippen molar-refractivity contribution in [2.75, 3.05) is 6.61 Å². The summed E-state index contributed by atoms with van der Waals surface area (Å²) in [5, 5.41) is 5.97. The molecule has 3 heterocycles. The van der Waals surface area contributed by atoms with Crippen LogP contribution in [0.4, 0.5) is 4.39 Å². The van der Waals surface area contributed by atoms with Gasteiger partial charge in [-0.15, -0.1) is 5.10 Å². The van der Waals surface area contributed by atoms with E-state index in [1.54, 1.807) is 26.8 Å². The number of hydrogen-bond acceptors (Lipinski definition) is 8. The Kier molecular flexibility index (Phi) is 7.54. The predicted octanol–water partition coefficient (Wildman–Crippen LogP) is 3.84. The van der Waals surface area contributed by atoms with E-state index in [-0.39, 0.29) is 52.0 Å². The first-order valence-corrected chi connectivity index (χ1v) is 13.4. The maximum atomic E-state index is 15.0. The van der Waals surface area contributed by atoms with Gasteiger partial charge >= 0.3 is 5.76 Å². The molecule has 0 bridgehead atoms. The van der Waals surface area contributed by atoms with E-state index in [9.17, 15) is 22.4 Å². The normalized spacial score (nSPS) is 17.1. The van der Waals surface area contributed by atoms with Gasteiger partial charge in [0, 0.05) is 23.8 Å². The minimum atomic E-state index is -4.42. The standard InChI is InChI=1S/C24H26ClFN4O6S/c1-11-5-6-16(26)18(13(11)3)14(4)20(23-28-29-24(32)36-23)30-37(33,34)17-10-27-22(25)19-15(9-12(2)31)7-8-35-21(17)19/h5-6,10,14-15,20,30H,7-9H2,1-4H3,(H,29,32)/t14-,15?,20+/m1/s1. The monoisotopic (exact) mass is 552 g/mol. The number of nitrogens with one attached hydrogen (secondary N) is 2. The fraction of sp³-hybridized carbons (Fsp3) is 0.417. The van der Waals surface area contributed by atoms with Crippen LogP contribution in [0.3, 0.4) is 0 Å². The van der Waals surface area contributed by atoms with Crippen molar-refractivity contribution in [1.82, 2.24) is 19.9 Å². The number of H-pyrrole nitrogens is 1. The number of ether oxygens (including phenoxy) is 1. The Morgan fingerprint density at radius 2 is 2.08 bits per heavy atom. The summed E-state index contributed by atoms with van der Waals surface area (Å²) >= 11 is 6.30. The van der Waals surface area contributed by atoms with Crippen molar-refractivity contribution in [3.05, 3.63) is 68.0 Å². The second-order valence-electron chi connectivity index (χ2n) is 9.14. The second-order valence-corrected chi connectivity index (χ2v) is 11.2. The number of benzene rings is 1. The molecule has 4 rings (SSSR count). The Morgan fingerprint density at radius 1 is 1.35 bits per heavy atom. The molecule has 0 saturated heterocycles. The summed E-state index contributed by atoms with van der Waals surface area (Å²) in [6.07, 6.45) is 1.67. The van der Waals surface area contributed by atoms with Crippen LogP contribution in [0.1, 0.15) is 72.7 Å². The second kappa shape index (κ2) is 10.3. The lowest BCUT2D eigenvalue weighted by Gasteiger charge is -2.29. The number of Topliss-reactive ketones (excluding diaryl/α,β-unsaturated/α-hetero) is 1. The van der Waals surface area contributed by atoms with E-state index in [1.807, 2.05) is 0 Å². The van der Waals surface area contributed by atoms with Crippen LogP contribution in [-0.4, -0.2) is 36.0 Å². The number of carbonyl (C=O) groups excluding carboxylic acids is 1. The number of nitrogens with zero attached hydrogens (tertiary/aromatic N) is 2. The maximum Gasteiger partial charge on any atom is 0.434 e. The Morgan fingerprint density at radius 3 is 2.73 bits per heavy atom. The van der Waals surface area contributed by atoms with E-state index < -0.39 is 33.6 Å². The van der Waals surface area contributed by atoms with E-state index in [2.05, 4.69) is 19.9 Å². The molecule has 0 fully saturated rings. The molecule has 10 nitrogen and oxygen atoms in total. The van der Waals surface area contributed by atoms with Crippen LogP contribution in [0.25, 0.3) is 0 Å². The van der Waals surface area contributed by atoms with Crippen molar-refractivity contribution in [2.24, 2.45) is 0 Å². The fourth-order valence-electron chi connectivity index (χ4n) is 4.66. The molecule has 3 atom stereocenters. The van der Waals surface area contributed by atoms with E-state index in [0.29, 0.717) is 17.5 Å². The van der Waals surface area contributed by atoms with Gasteiger partial charge in [-0.1, -0.05) is 24.6 Å². The van der Waals surface area contributed by atoms with Gasteiger partial charge in [-0.3, -0.25) is 0 Å². The molecule has 0 radical (unpaired) electrons. The summed E-state index contributed by atoms with van der Waals surface area (Å²) in [6.45, 7) is 6.74. The number of aromatic nitrogens is 3. The number of aryl methyl sites for hydroxylation is 1. The Bertz CT molecular complexity index is 1520. The van der Waals surface area contributed by atoms with E-state index in [0.717, 1.165) is 11.8 Å². The number of hydrogen-bond donors (Lipinski definition) is 2. The highest BCUT2D eigenvalue weighted by Gasteiger charge is 2.37. The molecule has 0 aliphatic carbocycles. The first-order valence-electron chi connectivity index (χ1n) is 11.5. The third-order valence-electron chi connectivity index (χ3n) is 6.62. The zero-order chi connectivity index (χ0) is 27.1. The largest absolute Gasteiger partial charge is 0.492 e. The molecule has 0 spiro atoms. The SMILES string of the molecule is CC(=O)CC1CCOc2c(S(=O)(=O)N[C@H](c3n[nH]c(=O)o3)[C@H](C)c3c(F)ccc(C)c3C)cnc(Cl)c21. The highest BCUT2D eigenvalue weighted by Crippen LogP contribution is 2.44. The third kappa shape index (κ3) is 5.32. The van der Waals surface area contributed by atoms with Gasteiger partial charge in [0.2, 0.25) is 15.9 Å². The lowest BCUT2D eigenvalue weighted by atomic mass is 9.88. The molecule has 1 aliphatic rings. The zero-order valence-corrected chi connectivity index (χ0v) is 22.2. The number of sulfonamides is 1. The molecule has 0 saturated carbocycles. The molecule has 2 aromatic heterocycles. The van der Waals surface area contributed by atoms with Gasteiger partial charge in [0.05, 0.1) is 12.8 Å². The molecule has 37 heavy (non-hydrogen) atoms. The average Bonchev–Trinajstić information content (AvgIpc) is 3.25. The van der Waals surface area contributed by atoms with Crippen LogP contribution >= 0.6 is 11.6 Å². The molecule has 1 aromatic carbocycles. The van der Waals surface area contributed by atoms with Crippen LogP contribution < -0.4 is 15.2 Å². The van der Waals surface area contributed by atoms with Crippen molar-refractivity contribution in [1.29, 1.82) is 0 Å². The fourth-order valence-corrected chi connectivity index (χ4v) is 6.32. The molecule has 198 valence electrons.